The standard InChI is InChI=1S/C100H68N4/c1-3-29-83(30-4-1)102(92-47-41-71-21-9-14-26-77(71)65-92)89-56-50-86(51-57-89)101(87-52-58-90(59-53-87)103(84-31-5-2-6-32-84)93-48-42-72-22-10-15-27-78(72)66-93)88-54-60-91(61-55-88)104(94-49-43-73-23-11-16-28-79(73)67-94)85-45-39-74(40-46-85)80-44-62-97-98(68-80)100(82-38-36-70-20-8-13-25-76(70)64-82)96-34-18-17-33-95(96)99(97)81-37-35-69-19-7-12-24-75(69)63-81/h1-68H. The van der Waals surface area contributed by atoms with Crippen molar-refractivity contribution in [2.24, 2.45) is 0 Å². The van der Waals surface area contributed by atoms with Gasteiger partial charge in [-0.1, -0.05) is 249 Å². The monoisotopic (exact) mass is 1320 g/mol. The third kappa shape index (κ3) is 11.4. The molecule has 4 nitrogen and oxygen atoms in total. The number of hydrogen-bond donors (Lipinski definition) is 0. The quantitative estimate of drug-likeness (QED) is 0.0949. The Morgan fingerprint density at radius 1 is 0.115 bits per heavy atom. The van der Waals surface area contributed by atoms with Crippen molar-refractivity contribution in [2.45, 2.75) is 0 Å². The highest BCUT2D eigenvalue weighted by Crippen LogP contribution is 2.49. The summed E-state index contributed by atoms with van der Waals surface area (Å²) in [6, 6.07) is 151. The number of hydrogen-bond acceptors (Lipinski definition) is 4. The number of nitrogens with zero attached hydrogens (tertiary/aromatic N) is 4. The zero-order chi connectivity index (χ0) is 68.9. The topological polar surface area (TPSA) is 13.0 Å². The molecule has 0 aliphatic carbocycles. The lowest BCUT2D eigenvalue weighted by molar-refractivity contribution is 1.24. The van der Waals surface area contributed by atoms with E-state index in [1.54, 1.807) is 0 Å². The lowest BCUT2D eigenvalue weighted by atomic mass is 9.84. The summed E-state index contributed by atoms with van der Waals surface area (Å²) in [4.78, 5) is 9.46. The predicted molar refractivity (Wildman–Crippen MR) is 444 cm³/mol. The largest absolute Gasteiger partial charge is 0.310 e. The fraction of sp³-hybridized carbons (Fsp3) is 0. The number of anilines is 12. The molecular formula is C100H68N4. The van der Waals surface area contributed by atoms with E-state index in [2.05, 4.69) is 432 Å². The van der Waals surface area contributed by atoms with Gasteiger partial charge in [-0.25, -0.2) is 0 Å². The van der Waals surface area contributed by atoms with Crippen LogP contribution in [0.25, 0.3) is 109 Å². The van der Waals surface area contributed by atoms with Gasteiger partial charge in [-0.15, -0.1) is 0 Å². The molecule has 0 amide bonds. The van der Waals surface area contributed by atoms with Crippen molar-refractivity contribution >= 4 is 144 Å². The van der Waals surface area contributed by atoms with Crippen LogP contribution in [0, 0.1) is 0 Å². The van der Waals surface area contributed by atoms with E-state index in [0.717, 1.165) is 79.4 Å². The van der Waals surface area contributed by atoms with Crippen LogP contribution in [0.1, 0.15) is 0 Å². The Labute approximate surface area is 605 Å². The molecule has 488 valence electrons. The molecule has 0 radical (unpaired) electrons. The average Bonchev–Trinajstić information content (AvgIpc) is 0.730. The SMILES string of the molecule is c1ccc(N(c2ccc(N(c3ccc(N(c4ccccc4)c4ccc5ccccc5c4)cc3)c3ccc(N(c4ccc(-c5ccc6c(-c7ccc8ccccc8c7)c7ccccc7c(-c7ccc8ccccc8c7)c6c5)cc4)c4ccc5ccccc5c4)cc3)cc2)c2ccc3ccccc3c2)cc1. The number of rotatable bonds is 15. The van der Waals surface area contributed by atoms with Gasteiger partial charge in [0.25, 0.3) is 0 Å². The number of benzene rings is 19. The Hall–Kier alpha value is -13.8. The van der Waals surface area contributed by atoms with Crippen LogP contribution in [0.15, 0.2) is 413 Å². The summed E-state index contributed by atoms with van der Waals surface area (Å²) in [6.45, 7) is 0. The van der Waals surface area contributed by atoms with Gasteiger partial charge in [-0.05, 0) is 273 Å². The summed E-state index contributed by atoms with van der Waals surface area (Å²) in [6.07, 6.45) is 0. The van der Waals surface area contributed by atoms with Crippen molar-refractivity contribution < 1.29 is 0 Å². The lowest BCUT2D eigenvalue weighted by Gasteiger charge is -2.30. The second kappa shape index (κ2) is 26.4. The minimum absolute atomic E-state index is 1.02. The Morgan fingerprint density at radius 3 is 0.683 bits per heavy atom. The van der Waals surface area contributed by atoms with Crippen LogP contribution in [0.3, 0.4) is 0 Å². The van der Waals surface area contributed by atoms with Crippen molar-refractivity contribution in [3.8, 4) is 33.4 Å². The third-order valence-corrected chi connectivity index (χ3v) is 20.7. The molecule has 0 N–H and O–H groups in total. The summed E-state index contributed by atoms with van der Waals surface area (Å²) in [5, 5.41) is 17.0. The maximum absolute atomic E-state index is 2.44. The Balaban J connectivity index is 0.725. The van der Waals surface area contributed by atoms with Crippen LogP contribution in [-0.2, 0) is 0 Å². The second-order valence-electron chi connectivity index (χ2n) is 26.9. The Bertz CT molecular complexity index is 6250. The molecule has 0 aliphatic rings. The molecule has 0 fully saturated rings. The first-order chi connectivity index (χ1) is 51.5. The summed E-state index contributed by atoms with van der Waals surface area (Å²) in [7, 11) is 0. The van der Waals surface area contributed by atoms with Crippen LogP contribution >= 0.6 is 0 Å². The number of fused-ring (bicyclic) bond motifs is 7. The van der Waals surface area contributed by atoms with Crippen LogP contribution < -0.4 is 19.6 Å². The molecule has 19 aromatic carbocycles. The maximum atomic E-state index is 2.44. The highest BCUT2D eigenvalue weighted by molar-refractivity contribution is 6.23. The van der Waals surface area contributed by atoms with E-state index in [9.17, 15) is 0 Å². The van der Waals surface area contributed by atoms with E-state index in [1.165, 1.54) is 97.7 Å². The van der Waals surface area contributed by atoms with Gasteiger partial charge < -0.3 is 19.6 Å². The molecule has 0 spiro atoms. The summed E-state index contributed by atoms with van der Waals surface area (Å²) >= 11 is 0. The Kier molecular flexibility index (Phi) is 15.5. The third-order valence-electron chi connectivity index (χ3n) is 20.7. The van der Waals surface area contributed by atoms with Crippen LogP contribution in [-0.4, -0.2) is 0 Å². The summed E-state index contributed by atoms with van der Waals surface area (Å²) in [5.41, 5.74) is 19.8. The van der Waals surface area contributed by atoms with Gasteiger partial charge in [-0.2, -0.15) is 0 Å². The van der Waals surface area contributed by atoms with E-state index >= 15 is 0 Å². The van der Waals surface area contributed by atoms with Gasteiger partial charge in [0, 0.05) is 68.2 Å². The van der Waals surface area contributed by atoms with Gasteiger partial charge in [0.1, 0.15) is 0 Å². The molecule has 19 aromatic rings. The van der Waals surface area contributed by atoms with Crippen LogP contribution in [0.5, 0.6) is 0 Å². The highest BCUT2D eigenvalue weighted by atomic mass is 15.2. The summed E-state index contributed by atoms with van der Waals surface area (Å²) < 4.78 is 0. The molecule has 0 aromatic heterocycles. The average molecular weight is 1330 g/mol. The molecule has 19 rings (SSSR count). The minimum atomic E-state index is 1.02. The van der Waals surface area contributed by atoms with Gasteiger partial charge >= 0.3 is 0 Å². The van der Waals surface area contributed by atoms with E-state index in [1.807, 2.05) is 0 Å². The van der Waals surface area contributed by atoms with Crippen molar-refractivity contribution in [3.05, 3.63) is 413 Å². The first-order valence-electron chi connectivity index (χ1n) is 35.7. The van der Waals surface area contributed by atoms with Gasteiger partial charge in [0.15, 0.2) is 0 Å². The van der Waals surface area contributed by atoms with Gasteiger partial charge in [0.2, 0.25) is 0 Å². The molecule has 104 heavy (non-hydrogen) atoms. The maximum Gasteiger partial charge on any atom is 0.0468 e. The van der Waals surface area contributed by atoms with Gasteiger partial charge in [0.05, 0.1) is 0 Å². The number of para-hydroxylation sites is 2. The molecule has 0 aliphatic heterocycles. The molecule has 4 heteroatoms. The normalized spacial score (nSPS) is 11.5. The second-order valence-corrected chi connectivity index (χ2v) is 26.9. The molecule has 0 heterocycles. The minimum Gasteiger partial charge on any atom is -0.310 e. The van der Waals surface area contributed by atoms with Crippen molar-refractivity contribution in [1.82, 2.24) is 0 Å². The molecule has 0 atom stereocenters. The summed E-state index contributed by atoms with van der Waals surface area (Å²) in [5.74, 6) is 0. The molecule has 0 bridgehead atoms. The van der Waals surface area contributed by atoms with E-state index < -0.39 is 0 Å². The zero-order valence-electron chi connectivity index (χ0n) is 57.0. The van der Waals surface area contributed by atoms with E-state index in [0.29, 0.717) is 0 Å². The molecule has 0 saturated carbocycles. The first-order valence-corrected chi connectivity index (χ1v) is 35.7. The smallest absolute Gasteiger partial charge is 0.0468 e. The van der Waals surface area contributed by atoms with E-state index in [-0.39, 0.29) is 0 Å². The fourth-order valence-electron chi connectivity index (χ4n) is 15.6. The molecule has 0 unspecified atom stereocenters. The molecule has 0 saturated heterocycles. The van der Waals surface area contributed by atoms with Crippen LogP contribution in [0.2, 0.25) is 0 Å². The first kappa shape index (κ1) is 61.3. The van der Waals surface area contributed by atoms with Crippen molar-refractivity contribution in [2.75, 3.05) is 19.6 Å². The molecular weight excluding hydrogens is 1260 g/mol. The Morgan fingerprint density at radius 2 is 0.337 bits per heavy atom. The van der Waals surface area contributed by atoms with Crippen molar-refractivity contribution in [3.63, 3.8) is 0 Å². The lowest BCUT2D eigenvalue weighted by Crippen LogP contribution is -2.14. The van der Waals surface area contributed by atoms with Gasteiger partial charge in [-0.3, -0.25) is 0 Å². The van der Waals surface area contributed by atoms with Crippen LogP contribution in [0.4, 0.5) is 68.2 Å². The zero-order valence-corrected chi connectivity index (χ0v) is 57.0. The predicted octanol–water partition coefficient (Wildman–Crippen LogP) is 28.6. The van der Waals surface area contributed by atoms with E-state index in [4.69, 9.17) is 0 Å². The fourth-order valence-corrected chi connectivity index (χ4v) is 15.6. The van der Waals surface area contributed by atoms with Crippen molar-refractivity contribution in [1.29, 1.82) is 0 Å². The highest BCUT2D eigenvalue weighted by Gasteiger charge is 2.23.